The lowest BCUT2D eigenvalue weighted by molar-refractivity contribution is 0.339. The number of nitrogens with zero attached hydrogens (tertiary/aromatic N) is 3. The van der Waals surface area contributed by atoms with Crippen molar-refractivity contribution in [1.29, 1.82) is 0 Å². The molecule has 1 atom stereocenters. The highest BCUT2D eigenvalue weighted by atomic mass is 19.1. The van der Waals surface area contributed by atoms with Gasteiger partial charge in [0.05, 0.1) is 20.3 Å². The van der Waals surface area contributed by atoms with Crippen LogP contribution in [0.1, 0.15) is 11.6 Å². The Morgan fingerprint density at radius 1 is 1.18 bits per heavy atom. The van der Waals surface area contributed by atoms with E-state index in [1.807, 2.05) is 18.2 Å². The zero-order valence-electron chi connectivity index (χ0n) is 15.8. The number of nitrogens with one attached hydrogen (secondary N) is 1. The number of benzene rings is 2. The molecule has 0 unspecified atom stereocenters. The van der Waals surface area contributed by atoms with E-state index in [0.29, 0.717) is 17.9 Å². The van der Waals surface area contributed by atoms with Crippen LogP contribution in [0.5, 0.6) is 11.5 Å². The van der Waals surface area contributed by atoms with Crippen LogP contribution < -0.4 is 25.4 Å². The summed E-state index contributed by atoms with van der Waals surface area (Å²) in [5.74, 6) is 0.231. The Bertz CT molecular complexity index is 999. The molecule has 0 spiro atoms. The Balaban J connectivity index is 1.85. The maximum atomic E-state index is 15.1. The molecule has 146 valence electrons. The van der Waals surface area contributed by atoms with Gasteiger partial charge in [-0.25, -0.2) is 9.37 Å². The number of piperazine rings is 1. The van der Waals surface area contributed by atoms with Crippen LogP contribution in [0.15, 0.2) is 36.4 Å². The second-order valence-corrected chi connectivity index (χ2v) is 6.56. The van der Waals surface area contributed by atoms with Crippen molar-refractivity contribution in [3.63, 3.8) is 0 Å². The molecule has 2 aromatic carbocycles. The lowest BCUT2D eigenvalue weighted by Crippen LogP contribution is -2.46. The summed E-state index contributed by atoms with van der Waals surface area (Å²) in [5, 5.41) is 3.78. The number of ether oxygens (including phenoxy) is 2. The number of anilines is 2. The first-order valence-corrected chi connectivity index (χ1v) is 9.04. The molecule has 0 aliphatic carbocycles. The largest absolute Gasteiger partial charge is 0.493 e. The van der Waals surface area contributed by atoms with Crippen LogP contribution in [0.2, 0.25) is 0 Å². The smallest absolute Gasteiger partial charge is 0.228 e. The van der Waals surface area contributed by atoms with Gasteiger partial charge >= 0.3 is 0 Å². The fraction of sp³-hybridized carbons (Fsp3) is 0.300. The highest BCUT2D eigenvalue weighted by molar-refractivity contribution is 5.92. The summed E-state index contributed by atoms with van der Waals surface area (Å²) in [4.78, 5) is 11.0. The Kier molecular flexibility index (Phi) is 4.87. The van der Waals surface area contributed by atoms with E-state index < -0.39 is 5.82 Å². The molecule has 28 heavy (non-hydrogen) atoms. The Morgan fingerprint density at radius 2 is 1.96 bits per heavy atom. The minimum Gasteiger partial charge on any atom is -0.493 e. The molecule has 3 N–H and O–H groups in total. The van der Waals surface area contributed by atoms with E-state index in [-0.39, 0.29) is 28.9 Å². The predicted molar refractivity (Wildman–Crippen MR) is 106 cm³/mol. The molecule has 1 saturated heterocycles. The van der Waals surface area contributed by atoms with Gasteiger partial charge in [-0.15, -0.1) is 0 Å². The van der Waals surface area contributed by atoms with Crippen LogP contribution in [0.25, 0.3) is 10.9 Å². The third kappa shape index (κ3) is 3.05. The quantitative estimate of drug-likeness (QED) is 0.716. The molecule has 0 radical (unpaired) electrons. The molecule has 2 heterocycles. The summed E-state index contributed by atoms with van der Waals surface area (Å²) in [7, 11) is 2.83. The zero-order chi connectivity index (χ0) is 19.7. The summed E-state index contributed by atoms with van der Waals surface area (Å²) in [6.45, 7) is 2.19. The molecule has 0 amide bonds. The zero-order valence-corrected chi connectivity index (χ0v) is 15.8. The molecule has 1 aliphatic heterocycles. The monoisotopic (exact) mass is 383 g/mol. The molecule has 0 bridgehead atoms. The summed E-state index contributed by atoms with van der Waals surface area (Å²) in [5.41, 5.74) is 7.42. The molecular formula is C20H22FN5O2. The van der Waals surface area contributed by atoms with Crippen molar-refractivity contribution in [3.05, 3.63) is 47.8 Å². The van der Waals surface area contributed by atoms with Crippen molar-refractivity contribution in [2.75, 3.05) is 44.5 Å². The normalized spacial score (nSPS) is 17.0. The van der Waals surface area contributed by atoms with E-state index in [2.05, 4.69) is 32.3 Å². The number of halogens is 1. The molecule has 1 fully saturated rings. The molecule has 1 aromatic heterocycles. The number of methoxy groups -OCH3 is 2. The van der Waals surface area contributed by atoms with Crippen LogP contribution in [-0.2, 0) is 0 Å². The van der Waals surface area contributed by atoms with Crippen molar-refractivity contribution >= 4 is 22.7 Å². The lowest BCUT2D eigenvalue weighted by Gasteiger charge is -2.36. The average Bonchev–Trinajstić information content (AvgIpc) is 2.74. The highest BCUT2D eigenvalue weighted by Gasteiger charge is 2.28. The molecule has 4 rings (SSSR count). The fourth-order valence-electron chi connectivity index (χ4n) is 3.58. The fourth-order valence-corrected chi connectivity index (χ4v) is 3.58. The number of aromatic nitrogens is 2. The van der Waals surface area contributed by atoms with Gasteiger partial charge in [-0.3, -0.25) is 0 Å². The van der Waals surface area contributed by atoms with Crippen LogP contribution in [0, 0.1) is 5.82 Å². The van der Waals surface area contributed by atoms with Gasteiger partial charge in [0.15, 0.2) is 17.3 Å². The van der Waals surface area contributed by atoms with Crippen molar-refractivity contribution in [2.45, 2.75) is 6.04 Å². The summed E-state index contributed by atoms with van der Waals surface area (Å²) in [6.07, 6.45) is 0. The molecule has 3 aromatic rings. The Labute approximate surface area is 162 Å². The van der Waals surface area contributed by atoms with Gasteiger partial charge < -0.3 is 25.4 Å². The minimum atomic E-state index is -0.612. The average molecular weight is 383 g/mol. The topological polar surface area (TPSA) is 85.5 Å². The minimum absolute atomic E-state index is 0.000954. The SMILES string of the molecule is COc1cc2c(N)nc(N3CCNC[C@@H]3c3ccccc3)nc2c(F)c1OC. The number of rotatable bonds is 4. The molecule has 8 heteroatoms. The first-order valence-electron chi connectivity index (χ1n) is 9.04. The number of hydrogen-bond acceptors (Lipinski definition) is 7. The van der Waals surface area contributed by atoms with Gasteiger partial charge in [0, 0.05) is 25.0 Å². The predicted octanol–water partition coefficient (Wildman–Crippen LogP) is 2.52. The first-order chi connectivity index (χ1) is 13.6. The van der Waals surface area contributed by atoms with E-state index in [0.717, 1.165) is 18.7 Å². The second-order valence-electron chi connectivity index (χ2n) is 6.56. The van der Waals surface area contributed by atoms with Crippen LogP contribution in [0.3, 0.4) is 0 Å². The number of hydrogen-bond donors (Lipinski definition) is 2. The van der Waals surface area contributed by atoms with E-state index in [1.165, 1.54) is 14.2 Å². The van der Waals surface area contributed by atoms with Gasteiger partial charge in [0.25, 0.3) is 0 Å². The van der Waals surface area contributed by atoms with Crippen LogP contribution >= 0.6 is 0 Å². The highest BCUT2D eigenvalue weighted by Crippen LogP contribution is 2.38. The first kappa shape index (κ1) is 18.2. The molecule has 0 saturated carbocycles. The second kappa shape index (κ2) is 7.47. The van der Waals surface area contributed by atoms with Crippen LogP contribution in [0.4, 0.5) is 16.2 Å². The molecule has 1 aliphatic rings. The lowest BCUT2D eigenvalue weighted by atomic mass is 10.0. The number of nitrogens with two attached hydrogens (primary N) is 1. The van der Waals surface area contributed by atoms with Gasteiger partial charge in [-0.2, -0.15) is 4.98 Å². The standard InChI is InChI=1S/C20H22FN5O2/c1-27-15-10-13-17(16(21)18(15)28-2)24-20(25-19(13)22)26-9-8-23-11-14(26)12-6-4-3-5-7-12/h3-7,10,14,23H,8-9,11H2,1-2H3,(H2,22,24,25)/t14-/m1/s1. The third-order valence-electron chi connectivity index (χ3n) is 4.98. The summed E-state index contributed by atoms with van der Waals surface area (Å²) in [6, 6.07) is 11.7. The van der Waals surface area contributed by atoms with E-state index in [4.69, 9.17) is 15.2 Å². The van der Waals surface area contributed by atoms with Gasteiger partial charge in [0.2, 0.25) is 5.95 Å². The number of nitrogen functional groups attached to an aromatic ring is 1. The van der Waals surface area contributed by atoms with E-state index >= 15 is 4.39 Å². The third-order valence-corrected chi connectivity index (χ3v) is 4.98. The van der Waals surface area contributed by atoms with Gasteiger partial charge in [-0.05, 0) is 11.6 Å². The van der Waals surface area contributed by atoms with Crippen molar-refractivity contribution in [3.8, 4) is 11.5 Å². The van der Waals surface area contributed by atoms with Crippen molar-refractivity contribution in [2.24, 2.45) is 0 Å². The van der Waals surface area contributed by atoms with Crippen molar-refractivity contribution < 1.29 is 13.9 Å². The van der Waals surface area contributed by atoms with Gasteiger partial charge in [-0.1, -0.05) is 30.3 Å². The van der Waals surface area contributed by atoms with Crippen LogP contribution in [-0.4, -0.2) is 43.8 Å². The summed E-state index contributed by atoms with van der Waals surface area (Å²) < 4.78 is 25.5. The van der Waals surface area contributed by atoms with E-state index in [9.17, 15) is 0 Å². The van der Waals surface area contributed by atoms with Gasteiger partial charge in [0.1, 0.15) is 11.3 Å². The van der Waals surface area contributed by atoms with Crippen molar-refractivity contribution in [1.82, 2.24) is 15.3 Å². The Morgan fingerprint density at radius 3 is 2.68 bits per heavy atom. The Hall–Kier alpha value is -3.13. The summed E-state index contributed by atoms with van der Waals surface area (Å²) >= 11 is 0. The number of fused-ring (bicyclic) bond motifs is 1. The maximum absolute atomic E-state index is 15.1. The maximum Gasteiger partial charge on any atom is 0.228 e. The molecule has 7 nitrogen and oxygen atoms in total. The van der Waals surface area contributed by atoms with E-state index in [1.54, 1.807) is 6.07 Å². The molecular weight excluding hydrogens is 361 g/mol.